The lowest BCUT2D eigenvalue weighted by Gasteiger charge is -2.34. The van der Waals surface area contributed by atoms with Crippen LogP contribution in [0.5, 0.6) is 0 Å². The predicted molar refractivity (Wildman–Crippen MR) is 76.9 cm³/mol. The molecule has 0 aromatic carbocycles. The predicted octanol–water partition coefficient (Wildman–Crippen LogP) is 2.19. The fourth-order valence-electron chi connectivity index (χ4n) is 3.20. The molecule has 108 valence electrons. The second kappa shape index (κ2) is 7.28. The average Bonchev–Trinajstić information content (AvgIpc) is 2.47. The van der Waals surface area contributed by atoms with Gasteiger partial charge in [0.25, 0.3) is 0 Å². The molecule has 1 atom stereocenters. The summed E-state index contributed by atoms with van der Waals surface area (Å²) in [5.41, 5.74) is -0.402. The van der Waals surface area contributed by atoms with E-state index >= 15 is 0 Å². The fourth-order valence-corrected chi connectivity index (χ4v) is 3.20. The molecule has 1 N–H and O–H groups in total. The van der Waals surface area contributed by atoms with Crippen LogP contribution >= 0.6 is 0 Å². The first-order valence-corrected chi connectivity index (χ1v) is 7.76. The molecule has 0 radical (unpaired) electrons. The van der Waals surface area contributed by atoms with E-state index in [9.17, 15) is 5.11 Å². The molecule has 2 rings (SSSR count). The molecule has 1 saturated carbocycles. The Balaban J connectivity index is 1.72. The number of likely N-dealkylation sites (tertiary alicyclic amines) is 1. The van der Waals surface area contributed by atoms with Crippen molar-refractivity contribution in [3.8, 4) is 12.3 Å². The molecule has 0 unspecified atom stereocenters. The molecule has 0 aromatic rings. The van der Waals surface area contributed by atoms with E-state index in [1.165, 1.54) is 25.7 Å². The standard InChI is InChI=1S/C16H27NO2/c1-2-16(9-5-3-6-10-16)19-14-15(18)13-17-11-7-4-8-12-17/h1,15,18H,3-14H2/t15-/m0/s1. The summed E-state index contributed by atoms with van der Waals surface area (Å²) in [5, 5.41) is 10.1. The van der Waals surface area contributed by atoms with Crippen LogP contribution in [0.3, 0.4) is 0 Å². The Morgan fingerprint density at radius 3 is 2.37 bits per heavy atom. The van der Waals surface area contributed by atoms with E-state index < -0.39 is 11.7 Å². The van der Waals surface area contributed by atoms with Gasteiger partial charge in [-0.1, -0.05) is 18.8 Å². The first-order chi connectivity index (χ1) is 9.24. The zero-order valence-electron chi connectivity index (χ0n) is 11.9. The molecule has 3 heteroatoms. The molecule has 0 spiro atoms. The van der Waals surface area contributed by atoms with Gasteiger partial charge in [0.05, 0.1) is 12.7 Å². The minimum absolute atomic E-state index is 0.376. The molecule has 0 aromatic heterocycles. The van der Waals surface area contributed by atoms with Crippen molar-refractivity contribution >= 4 is 0 Å². The van der Waals surface area contributed by atoms with E-state index in [2.05, 4.69) is 10.8 Å². The van der Waals surface area contributed by atoms with E-state index in [1.54, 1.807) is 0 Å². The van der Waals surface area contributed by atoms with Crippen molar-refractivity contribution in [3.05, 3.63) is 0 Å². The molecule has 3 nitrogen and oxygen atoms in total. The van der Waals surface area contributed by atoms with Crippen molar-refractivity contribution < 1.29 is 9.84 Å². The van der Waals surface area contributed by atoms with Gasteiger partial charge in [0, 0.05) is 6.54 Å². The maximum atomic E-state index is 10.1. The Labute approximate surface area is 117 Å². The number of hydrogen-bond donors (Lipinski definition) is 1. The Bertz CT molecular complexity index is 298. The number of rotatable bonds is 5. The van der Waals surface area contributed by atoms with Crippen LogP contribution in [-0.2, 0) is 4.74 Å². The Morgan fingerprint density at radius 2 is 1.74 bits per heavy atom. The Morgan fingerprint density at radius 1 is 1.11 bits per heavy atom. The van der Waals surface area contributed by atoms with Gasteiger partial charge in [-0.2, -0.15) is 0 Å². The van der Waals surface area contributed by atoms with Gasteiger partial charge in [0.15, 0.2) is 0 Å². The summed E-state index contributed by atoms with van der Waals surface area (Å²) >= 11 is 0. The molecule has 1 saturated heterocycles. The normalized spacial score (nSPS) is 25.7. The van der Waals surface area contributed by atoms with Crippen LogP contribution in [0.25, 0.3) is 0 Å². The van der Waals surface area contributed by atoms with E-state index in [0.29, 0.717) is 6.61 Å². The molecule has 1 aliphatic carbocycles. The lowest BCUT2D eigenvalue weighted by molar-refractivity contribution is -0.0704. The van der Waals surface area contributed by atoms with Crippen molar-refractivity contribution in [3.63, 3.8) is 0 Å². The van der Waals surface area contributed by atoms with Crippen LogP contribution in [0, 0.1) is 12.3 Å². The third-order valence-electron chi connectivity index (χ3n) is 4.39. The first-order valence-electron chi connectivity index (χ1n) is 7.76. The molecule has 2 fully saturated rings. The smallest absolute Gasteiger partial charge is 0.128 e. The minimum atomic E-state index is -0.412. The topological polar surface area (TPSA) is 32.7 Å². The van der Waals surface area contributed by atoms with E-state index in [1.807, 2.05) is 0 Å². The van der Waals surface area contributed by atoms with Gasteiger partial charge in [0.2, 0.25) is 0 Å². The molecule has 0 bridgehead atoms. The minimum Gasteiger partial charge on any atom is -0.389 e. The van der Waals surface area contributed by atoms with Gasteiger partial charge in [-0.25, -0.2) is 0 Å². The van der Waals surface area contributed by atoms with Crippen LogP contribution in [0.15, 0.2) is 0 Å². The van der Waals surface area contributed by atoms with Crippen molar-refractivity contribution in [2.24, 2.45) is 0 Å². The van der Waals surface area contributed by atoms with Gasteiger partial charge in [-0.15, -0.1) is 6.42 Å². The van der Waals surface area contributed by atoms with Crippen LogP contribution in [-0.4, -0.2) is 48.0 Å². The van der Waals surface area contributed by atoms with Gasteiger partial charge in [-0.3, -0.25) is 0 Å². The maximum Gasteiger partial charge on any atom is 0.128 e. The molecular weight excluding hydrogens is 238 g/mol. The summed E-state index contributed by atoms with van der Waals surface area (Å²) in [5.74, 6) is 2.83. The number of piperidine rings is 1. The molecule has 0 amide bonds. The number of aliphatic hydroxyl groups excluding tert-OH is 1. The number of terminal acetylenes is 1. The molecule has 1 heterocycles. The number of hydrogen-bond acceptors (Lipinski definition) is 3. The molecular formula is C16H27NO2. The summed E-state index contributed by atoms with van der Waals surface area (Å²) in [4.78, 5) is 2.33. The fraction of sp³-hybridized carbons (Fsp3) is 0.875. The molecule has 1 aliphatic heterocycles. The van der Waals surface area contributed by atoms with Crippen molar-refractivity contribution in [2.75, 3.05) is 26.2 Å². The van der Waals surface area contributed by atoms with Crippen LogP contribution in [0.1, 0.15) is 51.4 Å². The Hall–Kier alpha value is -0.560. The largest absolute Gasteiger partial charge is 0.389 e. The van der Waals surface area contributed by atoms with Gasteiger partial charge in [0.1, 0.15) is 5.60 Å². The highest BCUT2D eigenvalue weighted by Gasteiger charge is 2.31. The highest BCUT2D eigenvalue weighted by atomic mass is 16.5. The van der Waals surface area contributed by atoms with Crippen LogP contribution < -0.4 is 0 Å². The SMILES string of the molecule is C#CC1(OC[C@@H](O)CN2CCCCC2)CCCCC1. The van der Waals surface area contributed by atoms with Gasteiger partial charge in [-0.05, 0) is 51.6 Å². The summed E-state index contributed by atoms with van der Waals surface area (Å²) in [6, 6.07) is 0. The third-order valence-corrected chi connectivity index (χ3v) is 4.39. The summed E-state index contributed by atoms with van der Waals surface area (Å²) in [6.45, 7) is 3.32. The Kier molecular flexibility index (Phi) is 5.69. The molecule has 2 aliphatic rings. The summed E-state index contributed by atoms with van der Waals surface area (Å²) < 4.78 is 5.91. The quantitative estimate of drug-likeness (QED) is 0.773. The van der Waals surface area contributed by atoms with E-state index in [4.69, 9.17) is 11.2 Å². The van der Waals surface area contributed by atoms with E-state index in [-0.39, 0.29) is 0 Å². The lowest BCUT2D eigenvalue weighted by atomic mass is 9.85. The number of nitrogens with zero attached hydrogens (tertiary/aromatic N) is 1. The number of β-amino-alcohol motifs (C(OH)–C–C–N with tert-alkyl or cyclic N) is 1. The summed E-state index contributed by atoms with van der Waals surface area (Å²) in [7, 11) is 0. The lowest BCUT2D eigenvalue weighted by Crippen LogP contribution is -2.41. The van der Waals surface area contributed by atoms with E-state index in [0.717, 1.165) is 45.3 Å². The average molecular weight is 265 g/mol. The van der Waals surface area contributed by atoms with Crippen molar-refractivity contribution in [1.29, 1.82) is 0 Å². The first kappa shape index (κ1) is 14.8. The second-order valence-electron chi connectivity index (χ2n) is 6.03. The zero-order valence-corrected chi connectivity index (χ0v) is 11.9. The highest BCUT2D eigenvalue weighted by molar-refractivity contribution is 5.09. The highest BCUT2D eigenvalue weighted by Crippen LogP contribution is 2.31. The summed E-state index contributed by atoms with van der Waals surface area (Å²) in [6.07, 6.45) is 14.5. The third kappa shape index (κ3) is 4.49. The maximum absolute atomic E-state index is 10.1. The van der Waals surface area contributed by atoms with Crippen LogP contribution in [0.2, 0.25) is 0 Å². The number of ether oxygens (including phenoxy) is 1. The molecule has 19 heavy (non-hydrogen) atoms. The zero-order chi connectivity index (χ0) is 13.6. The van der Waals surface area contributed by atoms with Gasteiger partial charge < -0.3 is 14.7 Å². The van der Waals surface area contributed by atoms with Crippen molar-refractivity contribution in [2.45, 2.75) is 63.1 Å². The van der Waals surface area contributed by atoms with Crippen LogP contribution in [0.4, 0.5) is 0 Å². The number of aliphatic hydroxyl groups is 1. The monoisotopic (exact) mass is 265 g/mol. The van der Waals surface area contributed by atoms with Gasteiger partial charge >= 0.3 is 0 Å². The second-order valence-corrected chi connectivity index (χ2v) is 6.03. The van der Waals surface area contributed by atoms with Crippen molar-refractivity contribution in [1.82, 2.24) is 4.90 Å².